The van der Waals surface area contributed by atoms with Crippen molar-refractivity contribution in [2.45, 2.75) is 39.4 Å². The first kappa shape index (κ1) is 14.3. The molecule has 0 saturated heterocycles. The lowest BCUT2D eigenvalue weighted by molar-refractivity contribution is -0.151. The minimum Gasteiger partial charge on any atom is -0.418 e. The Hall–Kier alpha value is -2.10. The molecule has 20 heavy (non-hydrogen) atoms. The fourth-order valence-electron chi connectivity index (χ4n) is 1.84. The van der Waals surface area contributed by atoms with Crippen molar-refractivity contribution in [3.63, 3.8) is 0 Å². The molecular formula is C16H18O4. The third-order valence-electron chi connectivity index (χ3n) is 3.14. The Bertz CT molecular complexity index is 561. The van der Waals surface area contributed by atoms with E-state index in [1.165, 1.54) is 6.08 Å². The van der Waals surface area contributed by atoms with Crippen LogP contribution in [-0.4, -0.2) is 18.2 Å². The molecule has 2 rings (SSSR count). The number of hydrogen-bond acceptors (Lipinski definition) is 4. The fraction of sp³-hybridized carbons (Fsp3) is 0.375. The van der Waals surface area contributed by atoms with Gasteiger partial charge in [-0.1, -0.05) is 32.9 Å². The Labute approximate surface area is 118 Å². The predicted molar refractivity (Wildman–Crippen MR) is 74.2 cm³/mol. The summed E-state index contributed by atoms with van der Waals surface area (Å²) in [6, 6.07) is 7.24. The number of carbonyl (C=O) groups is 2. The van der Waals surface area contributed by atoms with E-state index in [2.05, 4.69) is 20.8 Å². The van der Waals surface area contributed by atoms with Gasteiger partial charge in [-0.05, 0) is 30.0 Å². The number of ether oxygens (including phenoxy) is 2. The summed E-state index contributed by atoms with van der Waals surface area (Å²) in [5.41, 5.74) is 2.05. The third-order valence-corrected chi connectivity index (χ3v) is 3.14. The summed E-state index contributed by atoms with van der Waals surface area (Å²) in [6.45, 7) is 7.93. The van der Waals surface area contributed by atoms with Crippen LogP contribution in [0.1, 0.15) is 43.6 Å². The Kier molecular flexibility index (Phi) is 3.66. The van der Waals surface area contributed by atoms with Crippen LogP contribution in [0.5, 0.6) is 0 Å². The van der Waals surface area contributed by atoms with Gasteiger partial charge < -0.3 is 9.47 Å². The zero-order chi connectivity index (χ0) is 14.9. The van der Waals surface area contributed by atoms with Crippen LogP contribution in [0.3, 0.4) is 0 Å². The first-order chi connectivity index (χ1) is 9.27. The van der Waals surface area contributed by atoms with Crippen LogP contribution in [0.15, 0.2) is 35.9 Å². The maximum absolute atomic E-state index is 11.9. The van der Waals surface area contributed by atoms with E-state index in [1.807, 2.05) is 12.1 Å². The van der Waals surface area contributed by atoms with Crippen molar-refractivity contribution < 1.29 is 19.1 Å². The highest BCUT2D eigenvalue weighted by molar-refractivity contribution is 5.92. The van der Waals surface area contributed by atoms with Crippen molar-refractivity contribution in [2.75, 3.05) is 0 Å². The van der Waals surface area contributed by atoms with E-state index in [9.17, 15) is 9.59 Å². The van der Waals surface area contributed by atoms with Gasteiger partial charge in [0.05, 0.1) is 5.56 Å². The molecule has 1 aliphatic rings. The molecule has 0 bridgehead atoms. The zero-order valence-corrected chi connectivity index (χ0v) is 12.1. The van der Waals surface area contributed by atoms with E-state index in [0.29, 0.717) is 11.1 Å². The summed E-state index contributed by atoms with van der Waals surface area (Å²) in [7, 11) is 0. The second-order valence-electron chi connectivity index (χ2n) is 5.86. The average Bonchev–Trinajstić information content (AvgIpc) is 2.67. The third kappa shape index (κ3) is 3.07. The molecule has 0 unspecified atom stereocenters. The van der Waals surface area contributed by atoms with Crippen molar-refractivity contribution in [1.29, 1.82) is 0 Å². The topological polar surface area (TPSA) is 52.6 Å². The van der Waals surface area contributed by atoms with Crippen molar-refractivity contribution in [1.82, 2.24) is 0 Å². The minimum absolute atomic E-state index is 0.0310. The molecule has 4 nitrogen and oxygen atoms in total. The van der Waals surface area contributed by atoms with Crippen LogP contribution in [-0.2, 0) is 19.7 Å². The average molecular weight is 274 g/mol. The summed E-state index contributed by atoms with van der Waals surface area (Å²) in [5.74, 6) is -0.958. The van der Waals surface area contributed by atoms with Gasteiger partial charge in [0, 0.05) is 11.6 Å². The monoisotopic (exact) mass is 274 g/mol. The van der Waals surface area contributed by atoms with E-state index >= 15 is 0 Å². The molecule has 0 aliphatic carbocycles. The smallest absolute Gasteiger partial charge is 0.341 e. The first-order valence-electron chi connectivity index (χ1n) is 6.48. The summed E-state index contributed by atoms with van der Waals surface area (Å²) < 4.78 is 9.97. The molecule has 0 aromatic heterocycles. The summed E-state index contributed by atoms with van der Waals surface area (Å²) >= 11 is 0. The normalized spacial score (nSPS) is 18.5. The van der Waals surface area contributed by atoms with E-state index in [0.717, 1.165) is 5.56 Å². The highest BCUT2D eigenvalue weighted by atomic mass is 16.7. The number of cyclic esters (lactones) is 1. The van der Waals surface area contributed by atoms with Gasteiger partial charge in [-0.15, -0.1) is 0 Å². The van der Waals surface area contributed by atoms with E-state index in [1.54, 1.807) is 19.1 Å². The molecule has 1 aromatic rings. The van der Waals surface area contributed by atoms with Crippen LogP contribution in [0, 0.1) is 0 Å². The maximum atomic E-state index is 11.9. The number of carbonyl (C=O) groups excluding carboxylic acids is 2. The Morgan fingerprint density at radius 3 is 2.25 bits per heavy atom. The molecule has 0 N–H and O–H groups in total. The minimum atomic E-state index is -0.919. The SMILES string of the molecule is CC1=C[C@H](OC(=O)c2ccc(C(C)(C)C)cc2)OC1=O. The van der Waals surface area contributed by atoms with E-state index < -0.39 is 18.2 Å². The highest BCUT2D eigenvalue weighted by Gasteiger charge is 2.26. The predicted octanol–water partition coefficient (Wildman–Crippen LogP) is 2.97. The molecule has 1 heterocycles. The van der Waals surface area contributed by atoms with Crippen molar-refractivity contribution >= 4 is 11.9 Å². The van der Waals surface area contributed by atoms with Crippen LogP contribution < -0.4 is 0 Å². The number of hydrogen-bond donors (Lipinski definition) is 0. The number of benzene rings is 1. The lowest BCUT2D eigenvalue weighted by Gasteiger charge is -2.19. The van der Waals surface area contributed by atoms with Crippen LogP contribution in [0.25, 0.3) is 0 Å². The Morgan fingerprint density at radius 2 is 1.80 bits per heavy atom. The molecule has 0 spiro atoms. The molecular weight excluding hydrogens is 256 g/mol. The van der Waals surface area contributed by atoms with E-state index in [-0.39, 0.29) is 5.41 Å². The van der Waals surface area contributed by atoms with Crippen molar-refractivity contribution in [3.05, 3.63) is 47.0 Å². The van der Waals surface area contributed by atoms with Gasteiger partial charge in [0.15, 0.2) is 0 Å². The maximum Gasteiger partial charge on any atom is 0.341 e. The molecule has 1 atom stereocenters. The standard InChI is InChI=1S/C16H18O4/c1-10-9-13(19-14(10)17)20-15(18)11-5-7-12(8-6-11)16(2,3)4/h5-9,13H,1-4H3/t13-/m0/s1. The molecule has 106 valence electrons. The second-order valence-corrected chi connectivity index (χ2v) is 5.86. The van der Waals surface area contributed by atoms with Gasteiger partial charge in [-0.25, -0.2) is 9.59 Å². The van der Waals surface area contributed by atoms with Gasteiger partial charge >= 0.3 is 11.9 Å². The molecule has 0 saturated carbocycles. The second kappa shape index (κ2) is 5.12. The lowest BCUT2D eigenvalue weighted by atomic mass is 9.87. The lowest BCUT2D eigenvalue weighted by Crippen LogP contribution is -2.18. The van der Waals surface area contributed by atoms with Gasteiger partial charge in [-0.3, -0.25) is 0 Å². The van der Waals surface area contributed by atoms with E-state index in [4.69, 9.17) is 9.47 Å². The summed E-state index contributed by atoms with van der Waals surface area (Å²) in [6.07, 6.45) is 0.571. The quantitative estimate of drug-likeness (QED) is 0.778. The fourth-order valence-corrected chi connectivity index (χ4v) is 1.84. The number of esters is 2. The van der Waals surface area contributed by atoms with Gasteiger partial charge in [0.25, 0.3) is 6.29 Å². The molecule has 0 fully saturated rings. The van der Waals surface area contributed by atoms with Crippen molar-refractivity contribution in [2.24, 2.45) is 0 Å². The number of rotatable bonds is 2. The molecule has 0 radical (unpaired) electrons. The van der Waals surface area contributed by atoms with Crippen LogP contribution >= 0.6 is 0 Å². The molecule has 1 aromatic carbocycles. The first-order valence-corrected chi connectivity index (χ1v) is 6.48. The Morgan fingerprint density at radius 1 is 1.20 bits per heavy atom. The van der Waals surface area contributed by atoms with Gasteiger partial charge in [0.2, 0.25) is 0 Å². The largest absolute Gasteiger partial charge is 0.418 e. The zero-order valence-electron chi connectivity index (χ0n) is 12.1. The summed E-state index contributed by atoms with van der Waals surface area (Å²) in [4.78, 5) is 23.1. The Balaban J connectivity index is 2.05. The van der Waals surface area contributed by atoms with Crippen LogP contribution in [0.2, 0.25) is 0 Å². The molecule has 0 amide bonds. The molecule has 4 heteroatoms. The van der Waals surface area contributed by atoms with Gasteiger partial charge in [0.1, 0.15) is 0 Å². The van der Waals surface area contributed by atoms with Crippen molar-refractivity contribution in [3.8, 4) is 0 Å². The van der Waals surface area contributed by atoms with Gasteiger partial charge in [-0.2, -0.15) is 0 Å². The van der Waals surface area contributed by atoms with Crippen LogP contribution in [0.4, 0.5) is 0 Å². The summed E-state index contributed by atoms with van der Waals surface area (Å²) in [5, 5.41) is 0. The highest BCUT2D eigenvalue weighted by Crippen LogP contribution is 2.23. The molecule has 1 aliphatic heterocycles.